The van der Waals surface area contributed by atoms with E-state index in [0.29, 0.717) is 12.0 Å². The van der Waals surface area contributed by atoms with Gasteiger partial charge in [-0.05, 0) is 61.7 Å². The molecule has 5 nitrogen and oxygen atoms in total. The lowest BCUT2D eigenvalue weighted by Crippen LogP contribution is -2.35. The van der Waals surface area contributed by atoms with Gasteiger partial charge in [0.25, 0.3) is 5.91 Å². The van der Waals surface area contributed by atoms with Crippen LogP contribution in [-0.4, -0.2) is 23.3 Å². The molecule has 0 saturated carbocycles. The number of nitrogens with one attached hydrogen (secondary N) is 1. The minimum Gasteiger partial charge on any atom is -0.346 e. The van der Waals surface area contributed by atoms with Gasteiger partial charge in [-0.25, -0.2) is 0 Å². The van der Waals surface area contributed by atoms with Gasteiger partial charge in [-0.3, -0.25) is 14.6 Å². The van der Waals surface area contributed by atoms with Gasteiger partial charge in [-0.1, -0.05) is 0 Å². The zero-order chi connectivity index (χ0) is 16.9. The SMILES string of the molecule is CC(NC(=O)c1ccc(N2CCCCC2=O)cc1)c1ccncc1. The summed E-state index contributed by atoms with van der Waals surface area (Å²) in [6, 6.07) is 10.9. The highest BCUT2D eigenvalue weighted by Gasteiger charge is 2.20. The summed E-state index contributed by atoms with van der Waals surface area (Å²) in [5.41, 5.74) is 2.46. The molecule has 1 saturated heterocycles. The van der Waals surface area contributed by atoms with Gasteiger partial charge in [-0.15, -0.1) is 0 Å². The topological polar surface area (TPSA) is 62.3 Å². The molecule has 1 N–H and O–H groups in total. The van der Waals surface area contributed by atoms with Crippen LogP contribution in [0.4, 0.5) is 5.69 Å². The molecule has 1 fully saturated rings. The van der Waals surface area contributed by atoms with Crippen molar-refractivity contribution in [2.24, 2.45) is 0 Å². The van der Waals surface area contributed by atoms with Crippen LogP contribution >= 0.6 is 0 Å². The molecule has 2 aromatic rings. The average Bonchev–Trinajstić information content (AvgIpc) is 2.63. The van der Waals surface area contributed by atoms with Crippen LogP contribution in [0.25, 0.3) is 0 Å². The molecule has 0 spiro atoms. The molecule has 1 aliphatic rings. The van der Waals surface area contributed by atoms with Gasteiger partial charge in [-0.2, -0.15) is 0 Å². The third-order valence-electron chi connectivity index (χ3n) is 4.32. The second-order valence-electron chi connectivity index (χ2n) is 6.03. The second kappa shape index (κ2) is 7.25. The van der Waals surface area contributed by atoms with Crippen molar-refractivity contribution in [2.75, 3.05) is 11.4 Å². The lowest BCUT2D eigenvalue weighted by atomic mass is 10.1. The third kappa shape index (κ3) is 3.62. The molecule has 24 heavy (non-hydrogen) atoms. The molecular formula is C19H21N3O2. The Morgan fingerprint density at radius 2 is 1.83 bits per heavy atom. The monoisotopic (exact) mass is 323 g/mol. The van der Waals surface area contributed by atoms with Gasteiger partial charge in [0.15, 0.2) is 0 Å². The molecular weight excluding hydrogens is 302 g/mol. The molecule has 3 rings (SSSR count). The lowest BCUT2D eigenvalue weighted by molar-refractivity contribution is -0.119. The maximum absolute atomic E-state index is 12.4. The van der Waals surface area contributed by atoms with Crippen LogP contribution in [0.5, 0.6) is 0 Å². The number of benzene rings is 1. The van der Waals surface area contributed by atoms with Gasteiger partial charge >= 0.3 is 0 Å². The number of amides is 2. The number of aromatic nitrogens is 1. The highest BCUT2D eigenvalue weighted by molar-refractivity contribution is 5.97. The number of hydrogen-bond donors (Lipinski definition) is 1. The van der Waals surface area contributed by atoms with Crippen LogP contribution in [0.2, 0.25) is 0 Å². The Hall–Kier alpha value is -2.69. The molecule has 0 radical (unpaired) electrons. The number of hydrogen-bond acceptors (Lipinski definition) is 3. The fourth-order valence-electron chi connectivity index (χ4n) is 2.89. The molecule has 1 unspecified atom stereocenters. The summed E-state index contributed by atoms with van der Waals surface area (Å²) in [6.45, 7) is 2.69. The molecule has 1 aliphatic heterocycles. The molecule has 5 heteroatoms. The van der Waals surface area contributed by atoms with Gasteiger partial charge in [0, 0.05) is 36.6 Å². The molecule has 2 heterocycles. The average molecular weight is 323 g/mol. The first-order valence-corrected chi connectivity index (χ1v) is 8.26. The van der Waals surface area contributed by atoms with E-state index in [1.807, 2.05) is 31.2 Å². The maximum Gasteiger partial charge on any atom is 0.251 e. The summed E-state index contributed by atoms with van der Waals surface area (Å²) in [5, 5.41) is 2.97. The van der Waals surface area contributed by atoms with E-state index in [-0.39, 0.29) is 17.9 Å². The standard InChI is InChI=1S/C19H21N3O2/c1-14(15-9-11-20-12-10-15)21-19(24)16-5-7-17(8-6-16)22-13-3-2-4-18(22)23/h5-12,14H,2-4,13H2,1H3,(H,21,24). The summed E-state index contributed by atoms with van der Waals surface area (Å²) >= 11 is 0. The van der Waals surface area contributed by atoms with Crippen molar-refractivity contribution in [2.45, 2.75) is 32.2 Å². The van der Waals surface area contributed by atoms with Gasteiger partial charge in [0.2, 0.25) is 5.91 Å². The Bertz CT molecular complexity index is 713. The van der Waals surface area contributed by atoms with Crippen LogP contribution in [0, 0.1) is 0 Å². The largest absolute Gasteiger partial charge is 0.346 e. The van der Waals surface area contributed by atoms with Crippen molar-refractivity contribution >= 4 is 17.5 Å². The van der Waals surface area contributed by atoms with E-state index in [1.165, 1.54) is 0 Å². The fourth-order valence-corrected chi connectivity index (χ4v) is 2.89. The summed E-state index contributed by atoms with van der Waals surface area (Å²) in [7, 11) is 0. The van der Waals surface area contributed by atoms with E-state index in [1.54, 1.807) is 29.4 Å². The summed E-state index contributed by atoms with van der Waals surface area (Å²) in [5.74, 6) is 0.0283. The van der Waals surface area contributed by atoms with Crippen molar-refractivity contribution in [1.29, 1.82) is 0 Å². The van der Waals surface area contributed by atoms with E-state index in [2.05, 4.69) is 10.3 Å². The number of carbonyl (C=O) groups excluding carboxylic acids is 2. The number of piperidine rings is 1. The molecule has 1 aromatic carbocycles. The quantitative estimate of drug-likeness (QED) is 0.940. The van der Waals surface area contributed by atoms with Gasteiger partial charge in [0.1, 0.15) is 0 Å². The van der Waals surface area contributed by atoms with E-state index in [0.717, 1.165) is 30.6 Å². The fraction of sp³-hybridized carbons (Fsp3) is 0.316. The highest BCUT2D eigenvalue weighted by atomic mass is 16.2. The molecule has 1 atom stereocenters. The Labute approximate surface area is 141 Å². The first-order valence-electron chi connectivity index (χ1n) is 8.26. The van der Waals surface area contributed by atoms with Crippen molar-refractivity contribution in [3.05, 3.63) is 59.9 Å². The Balaban J connectivity index is 1.66. The summed E-state index contributed by atoms with van der Waals surface area (Å²) in [4.78, 5) is 30.1. The van der Waals surface area contributed by atoms with Crippen molar-refractivity contribution in [3.63, 3.8) is 0 Å². The number of anilines is 1. The minimum atomic E-state index is -0.129. The number of pyridine rings is 1. The molecule has 0 aliphatic carbocycles. The second-order valence-corrected chi connectivity index (χ2v) is 6.03. The molecule has 0 bridgehead atoms. The molecule has 2 amide bonds. The number of rotatable bonds is 4. The first-order chi connectivity index (χ1) is 11.6. The Morgan fingerprint density at radius 3 is 2.50 bits per heavy atom. The predicted molar refractivity (Wildman–Crippen MR) is 92.8 cm³/mol. The van der Waals surface area contributed by atoms with E-state index in [9.17, 15) is 9.59 Å². The zero-order valence-corrected chi connectivity index (χ0v) is 13.7. The van der Waals surface area contributed by atoms with Crippen LogP contribution < -0.4 is 10.2 Å². The number of nitrogens with zero attached hydrogens (tertiary/aromatic N) is 2. The van der Waals surface area contributed by atoms with Crippen LogP contribution in [-0.2, 0) is 4.79 Å². The van der Waals surface area contributed by atoms with Crippen LogP contribution in [0.15, 0.2) is 48.8 Å². The van der Waals surface area contributed by atoms with Crippen molar-refractivity contribution in [1.82, 2.24) is 10.3 Å². The van der Waals surface area contributed by atoms with Crippen molar-refractivity contribution < 1.29 is 9.59 Å². The predicted octanol–water partition coefficient (Wildman–Crippen LogP) is 3.09. The molecule has 1 aromatic heterocycles. The van der Waals surface area contributed by atoms with E-state index < -0.39 is 0 Å². The van der Waals surface area contributed by atoms with Crippen molar-refractivity contribution in [3.8, 4) is 0 Å². The highest BCUT2D eigenvalue weighted by Crippen LogP contribution is 2.21. The van der Waals surface area contributed by atoms with E-state index in [4.69, 9.17) is 0 Å². The molecule has 124 valence electrons. The minimum absolute atomic E-state index is 0.0937. The van der Waals surface area contributed by atoms with Crippen LogP contribution in [0.1, 0.15) is 48.1 Å². The van der Waals surface area contributed by atoms with E-state index >= 15 is 0 Å². The zero-order valence-electron chi connectivity index (χ0n) is 13.7. The summed E-state index contributed by atoms with van der Waals surface area (Å²) < 4.78 is 0. The summed E-state index contributed by atoms with van der Waals surface area (Å²) in [6.07, 6.45) is 6.01. The normalized spacial score (nSPS) is 15.9. The Morgan fingerprint density at radius 1 is 1.12 bits per heavy atom. The van der Waals surface area contributed by atoms with Crippen LogP contribution in [0.3, 0.4) is 0 Å². The lowest BCUT2D eigenvalue weighted by Gasteiger charge is -2.26. The number of carbonyl (C=O) groups is 2. The smallest absolute Gasteiger partial charge is 0.251 e. The maximum atomic E-state index is 12.4. The third-order valence-corrected chi connectivity index (χ3v) is 4.32. The first kappa shape index (κ1) is 16.2. The van der Waals surface area contributed by atoms with Gasteiger partial charge in [0.05, 0.1) is 6.04 Å². The van der Waals surface area contributed by atoms with Gasteiger partial charge < -0.3 is 10.2 Å². The Kier molecular flexibility index (Phi) is 4.89.